The molecule has 1 aliphatic rings. The van der Waals surface area contributed by atoms with Gasteiger partial charge in [0.15, 0.2) is 9.84 Å². The summed E-state index contributed by atoms with van der Waals surface area (Å²) in [6.07, 6.45) is 1.50. The van der Waals surface area contributed by atoms with Crippen molar-refractivity contribution in [1.82, 2.24) is 15.3 Å². The van der Waals surface area contributed by atoms with Crippen molar-refractivity contribution in [3.63, 3.8) is 0 Å². The topological polar surface area (TPSA) is 116 Å². The first-order chi connectivity index (χ1) is 17.6. The van der Waals surface area contributed by atoms with Crippen LogP contribution in [-0.4, -0.2) is 49.2 Å². The summed E-state index contributed by atoms with van der Waals surface area (Å²) < 4.78 is 39.9. The minimum absolute atomic E-state index is 0.00858. The number of benzene rings is 2. The van der Waals surface area contributed by atoms with E-state index in [4.69, 9.17) is 23.2 Å². The fraction of sp³-hybridized carbons (Fsp3) is 0.280. The first-order valence-electron chi connectivity index (χ1n) is 11.3. The molecule has 0 saturated carbocycles. The van der Waals surface area contributed by atoms with Gasteiger partial charge >= 0.3 is 0 Å². The predicted molar refractivity (Wildman–Crippen MR) is 138 cm³/mol. The first kappa shape index (κ1) is 26.8. The van der Waals surface area contributed by atoms with Crippen LogP contribution in [0.2, 0.25) is 10.0 Å². The molecule has 192 valence electrons. The second-order valence-corrected chi connectivity index (χ2v) is 11.7. The molecule has 2 aromatic carbocycles. The van der Waals surface area contributed by atoms with Crippen molar-refractivity contribution in [2.45, 2.75) is 29.4 Å². The van der Waals surface area contributed by atoms with E-state index in [-0.39, 0.29) is 52.6 Å². The average molecular weight is 562 g/mol. The monoisotopic (exact) mass is 561 g/mol. The number of halogens is 3. The normalized spacial score (nSPS) is 16.3. The molecular weight excluding hydrogens is 540 g/mol. The number of carbonyl (C=O) groups excluding carboxylic acids is 1. The van der Waals surface area contributed by atoms with Crippen LogP contribution in [0.15, 0.2) is 53.6 Å². The Hall–Kier alpha value is -3.26. The third-order valence-corrected chi connectivity index (χ3v) is 9.11. The minimum atomic E-state index is -3.89. The average Bonchev–Trinajstić information content (AvgIpc) is 3.38. The maximum Gasteiger partial charge on any atom is 0.256 e. The molecule has 1 N–H and O–H groups in total. The van der Waals surface area contributed by atoms with Crippen molar-refractivity contribution in [2.75, 3.05) is 24.5 Å². The Balaban J connectivity index is 1.54. The lowest BCUT2D eigenvalue weighted by atomic mass is 10.0. The number of rotatable bonds is 7. The molecule has 1 amide bonds. The minimum Gasteiger partial charge on any atom is -0.354 e. The molecule has 1 fully saturated rings. The van der Waals surface area contributed by atoms with E-state index in [1.165, 1.54) is 6.20 Å². The van der Waals surface area contributed by atoms with E-state index in [2.05, 4.69) is 15.3 Å². The molecule has 3 aromatic rings. The summed E-state index contributed by atoms with van der Waals surface area (Å²) in [5.74, 6) is -1.07. The molecular formula is C25H22Cl2FN5O3S. The smallest absolute Gasteiger partial charge is 0.256 e. The Labute approximate surface area is 224 Å². The number of sulfone groups is 1. The highest BCUT2D eigenvalue weighted by Crippen LogP contribution is 2.32. The maximum absolute atomic E-state index is 13.4. The van der Waals surface area contributed by atoms with Gasteiger partial charge in [-0.25, -0.2) is 22.8 Å². The van der Waals surface area contributed by atoms with Crippen LogP contribution in [0, 0.1) is 17.1 Å². The Morgan fingerprint density at radius 1 is 1.27 bits per heavy atom. The number of nitriles is 1. The van der Waals surface area contributed by atoms with Gasteiger partial charge in [0.05, 0.1) is 15.2 Å². The highest BCUT2D eigenvalue weighted by molar-refractivity contribution is 7.92. The van der Waals surface area contributed by atoms with Crippen molar-refractivity contribution in [3.05, 3.63) is 81.5 Å². The molecule has 1 aliphatic heterocycles. The van der Waals surface area contributed by atoms with Gasteiger partial charge in [0.2, 0.25) is 5.82 Å². The van der Waals surface area contributed by atoms with Crippen LogP contribution >= 0.6 is 23.2 Å². The van der Waals surface area contributed by atoms with Crippen molar-refractivity contribution >= 4 is 44.8 Å². The SMILES string of the molecule is CC(CNC(=O)c1cnc(C#N)nc1N1CC[C@H](S(=O)(=O)c2ccc(F)cc2Cl)C1)c1ccc(Cl)cc1. The van der Waals surface area contributed by atoms with Crippen molar-refractivity contribution in [1.29, 1.82) is 5.26 Å². The summed E-state index contributed by atoms with van der Waals surface area (Å²) in [6.45, 7) is 2.56. The number of aromatic nitrogens is 2. The highest BCUT2D eigenvalue weighted by atomic mass is 35.5. The molecule has 1 saturated heterocycles. The van der Waals surface area contributed by atoms with Crippen molar-refractivity contribution in [2.24, 2.45) is 0 Å². The fourth-order valence-electron chi connectivity index (χ4n) is 4.14. The Morgan fingerprint density at radius 2 is 2.00 bits per heavy atom. The van der Waals surface area contributed by atoms with Gasteiger partial charge in [0.25, 0.3) is 5.91 Å². The summed E-state index contributed by atoms with van der Waals surface area (Å²) in [5, 5.41) is 11.7. The quantitative estimate of drug-likeness (QED) is 0.425. The van der Waals surface area contributed by atoms with Crippen molar-refractivity contribution in [3.8, 4) is 6.07 Å². The van der Waals surface area contributed by atoms with Gasteiger partial charge in [-0.1, -0.05) is 42.3 Å². The van der Waals surface area contributed by atoms with E-state index in [1.54, 1.807) is 17.0 Å². The predicted octanol–water partition coefficient (Wildman–Crippen LogP) is 4.38. The summed E-state index contributed by atoms with van der Waals surface area (Å²) in [6, 6.07) is 12.3. The van der Waals surface area contributed by atoms with Crippen LogP contribution in [0.4, 0.5) is 10.2 Å². The van der Waals surface area contributed by atoms with E-state index in [1.807, 2.05) is 25.1 Å². The summed E-state index contributed by atoms with van der Waals surface area (Å²) in [7, 11) is -3.89. The fourth-order valence-corrected chi connectivity index (χ4v) is 6.49. The zero-order chi connectivity index (χ0) is 26.7. The Morgan fingerprint density at radius 3 is 2.68 bits per heavy atom. The molecule has 0 aliphatic carbocycles. The van der Waals surface area contributed by atoms with Crippen LogP contribution in [0.3, 0.4) is 0 Å². The molecule has 4 rings (SSSR count). The highest BCUT2D eigenvalue weighted by Gasteiger charge is 2.37. The van der Waals surface area contributed by atoms with E-state index in [9.17, 15) is 22.9 Å². The van der Waals surface area contributed by atoms with Gasteiger partial charge < -0.3 is 10.2 Å². The molecule has 1 unspecified atom stereocenters. The van der Waals surface area contributed by atoms with Gasteiger partial charge in [0.1, 0.15) is 23.3 Å². The van der Waals surface area contributed by atoms with E-state index >= 15 is 0 Å². The molecule has 8 nitrogen and oxygen atoms in total. The maximum atomic E-state index is 13.4. The van der Waals surface area contributed by atoms with E-state index < -0.39 is 26.8 Å². The third kappa shape index (κ3) is 5.85. The first-order valence-corrected chi connectivity index (χ1v) is 13.6. The molecule has 0 radical (unpaired) electrons. The largest absolute Gasteiger partial charge is 0.354 e. The zero-order valence-electron chi connectivity index (χ0n) is 19.7. The number of nitrogens with zero attached hydrogens (tertiary/aromatic N) is 4. The Kier molecular flexibility index (Phi) is 7.97. The van der Waals surface area contributed by atoms with E-state index in [0.29, 0.717) is 11.6 Å². The van der Waals surface area contributed by atoms with Gasteiger partial charge in [-0.3, -0.25) is 4.79 Å². The van der Waals surface area contributed by atoms with Gasteiger partial charge in [-0.15, -0.1) is 0 Å². The number of hydrogen-bond donors (Lipinski definition) is 1. The lowest BCUT2D eigenvalue weighted by molar-refractivity contribution is 0.0951. The standard InChI is InChI=1S/C25H22Cl2FN5O3S/c1-15(16-2-4-17(26)5-3-16)12-31-25(34)20-13-30-23(11-29)32-24(20)33-9-8-19(14-33)37(35,36)22-7-6-18(28)10-21(22)27/h2-7,10,13,15,19H,8-9,12,14H2,1H3,(H,31,34)/t15?,19-/m0/s1. The molecule has 12 heteroatoms. The number of amides is 1. The van der Waals surface area contributed by atoms with Crippen LogP contribution in [-0.2, 0) is 9.84 Å². The molecule has 37 heavy (non-hydrogen) atoms. The molecule has 0 spiro atoms. The number of anilines is 1. The lowest BCUT2D eigenvalue weighted by Gasteiger charge is -2.21. The summed E-state index contributed by atoms with van der Waals surface area (Å²) in [4.78, 5) is 22.7. The summed E-state index contributed by atoms with van der Waals surface area (Å²) in [5.41, 5.74) is 1.12. The molecule has 2 heterocycles. The van der Waals surface area contributed by atoms with Crippen LogP contribution in [0.5, 0.6) is 0 Å². The van der Waals surface area contributed by atoms with Gasteiger partial charge in [-0.2, -0.15) is 5.26 Å². The van der Waals surface area contributed by atoms with Gasteiger partial charge in [0, 0.05) is 30.9 Å². The Bertz CT molecular complexity index is 1480. The van der Waals surface area contributed by atoms with Gasteiger partial charge in [-0.05, 0) is 48.2 Å². The molecule has 2 atom stereocenters. The number of nitrogens with one attached hydrogen (secondary N) is 1. The molecule has 0 bridgehead atoms. The number of hydrogen-bond acceptors (Lipinski definition) is 7. The van der Waals surface area contributed by atoms with E-state index in [0.717, 1.165) is 23.8 Å². The lowest BCUT2D eigenvalue weighted by Crippen LogP contribution is -2.32. The molecule has 1 aromatic heterocycles. The van der Waals surface area contributed by atoms with Crippen LogP contribution in [0.25, 0.3) is 0 Å². The van der Waals surface area contributed by atoms with Crippen molar-refractivity contribution < 1.29 is 17.6 Å². The third-order valence-electron chi connectivity index (χ3n) is 6.20. The second-order valence-electron chi connectivity index (χ2n) is 8.68. The number of carbonyl (C=O) groups is 1. The zero-order valence-corrected chi connectivity index (χ0v) is 22.0. The van der Waals surface area contributed by atoms with Crippen LogP contribution < -0.4 is 10.2 Å². The summed E-state index contributed by atoms with van der Waals surface area (Å²) >= 11 is 12.0. The van der Waals surface area contributed by atoms with Crippen LogP contribution in [0.1, 0.15) is 41.0 Å². The second kappa shape index (κ2) is 11.0.